The molecule has 1 aliphatic rings. The average molecular weight is 231 g/mol. The maximum Gasteiger partial charge on any atom is 0.0914 e. The second kappa shape index (κ2) is 5.33. The molecule has 0 saturated carbocycles. The van der Waals surface area contributed by atoms with Crippen LogP contribution in [0.5, 0.6) is 0 Å². The van der Waals surface area contributed by atoms with Gasteiger partial charge in [0.05, 0.1) is 12.2 Å². The first-order valence-electron chi connectivity index (χ1n) is 5.98. The topological polar surface area (TPSA) is 44.0 Å². The number of aliphatic hydroxyl groups is 1. The minimum atomic E-state index is -0.328. The first-order chi connectivity index (χ1) is 7.86. The van der Waals surface area contributed by atoms with E-state index < -0.39 is 0 Å². The molecule has 2 nitrogen and oxygen atoms in total. The van der Waals surface area contributed by atoms with Gasteiger partial charge in [-0.05, 0) is 31.3 Å². The van der Waals surface area contributed by atoms with Gasteiger partial charge in [-0.3, -0.25) is 0 Å². The van der Waals surface area contributed by atoms with Gasteiger partial charge < -0.3 is 5.11 Å². The van der Waals surface area contributed by atoms with Crippen LogP contribution in [-0.4, -0.2) is 11.2 Å². The molecule has 92 valence electrons. The zero-order chi connectivity index (χ0) is 13.1. The minimum absolute atomic E-state index is 0.0572. The van der Waals surface area contributed by atoms with Gasteiger partial charge in [-0.2, -0.15) is 5.26 Å². The van der Waals surface area contributed by atoms with Gasteiger partial charge in [-0.15, -0.1) is 0 Å². The van der Waals surface area contributed by atoms with Crippen LogP contribution in [0.25, 0.3) is 0 Å². The van der Waals surface area contributed by atoms with Crippen molar-refractivity contribution in [1.82, 2.24) is 0 Å². The third-order valence-corrected chi connectivity index (χ3v) is 3.37. The zero-order valence-electron chi connectivity index (χ0n) is 11.1. The SMILES string of the molecule is CC(C=C[C@H]1C(C)=C[C@H](O)CC1(C)C)=CC#N. The van der Waals surface area contributed by atoms with Crippen LogP contribution in [0, 0.1) is 22.7 Å². The highest BCUT2D eigenvalue weighted by Gasteiger charge is 2.34. The van der Waals surface area contributed by atoms with Crippen molar-refractivity contribution in [2.45, 2.75) is 40.2 Å². The second-order valence-electron chi connectivity index (χ2n) is 5.52. The Labute approximate surface area is 104 Å². The summed E-state index contributed by atoms with van der Waals surface area (Å²) in [7, 11) is 0. The third-order valence-electron chi connectivity index (χ3n) is 3.37. The predicted molar refractivity (Wildman–Crippen MR) is 70.2 cm³/mol. The Bertz CT molecular complexity index is 407. The minimum Gasteiger partial charge on any atom is -0.389 e. The lowest BCUT2D eigenvalue weighted by Gasteiger charge is -2.38. The van der Waals surface area contributed by atoms with Crippen molar-refractivity contribution in [2.75, 3.05) is 0 Å². The van der Waals surface area contributed by atoms with Crippen LogP contribution in [-0.2, 0) is 0 Å². The van der Waals surface area contributed by atoms with E-state index in [0.717, 1.165) is 12.0 Å². The summed E-state index contributed by atoms with van der Waals surface area (Å²) in [5, 5.41) is 18.3. The van der Waals surface area contributed by atoms with E-state index >= 15 is 0 Å². The largest absolute Gasteiger partial charge is 0.389 e. The Kier molecular flexibility index (Phi) is 4.31. The van der Waals surface area contributed by atoms with Crippen molar-refractivity contribution in [3.05, 3.63) is 35.5 Å². The Morgan fingerprint density at radius 2 is 2.24 bits per heavy atom. The fourth-order valence-corrected chi connectivity index (χ4v) is 2.56. The number of rotatable bonds is 2. The Morgan fingerprint density at radius 1 is 1.59 bits per heavy atom. The number of aliphatic hydroxyl groups excluding tert-OH is 1. The molecule has 1 aliphatic carbocycles. The Morgan fingerprint density at radius 3 is 2.76 bits per heavy atom. The molecule has 0 unspecified atom stereocenters. The van der Waals surface area contributed by atoms with Crippen LogP contribution in [0.15, 0.2) is 35.5 Å². The lowest BCUT2D eigenvalue weighted by atomic mass is 9.67. The summed E-state index contributed by atoms with van der Waals surface area (Å²) < 4.78 is 0. The standard InChI is InChI=1S/C15H21NO/c1-11(7-8-16)5-6-14-12(2)9-13(17)10-15(14,3)4/h5-7,9,13-14,17H,10H2,1-4H3/t13-,14-/m0/s1. The highest BCUT2D eigenvalue weighted by Crippen LogP contribution is 2.41. The van der Waals surface area contributed by atoms with Crippen molar-refractivity contribution in [3.8, 4) is 6.07 Å². The van der Waals surface area contributed by atoms with Gasteiger partial charge in [0.2, 0.25) is 0 Å². The number of nitriles is 1. The van der Waals surface area contributed by atoms with E-state index in [0.29, 0.717) is 5.92 Å². The fraction of sp³-hybridized carbons (Fsp3) is 0.533. The van der Waals surface area contributed by atoms with E-state index in [9.17, 15) is 5.11 Å². The molecule has 0 fully saturated rings. The third kappa shape index (κ3) is 3.57. The molecule has 0 radical (unpaired) electrons. The van der Waals surface area contributed by atoms with Crippen LogP contribution in [0.2, 0.25) is 0 Å². The van der Waals surface area contributed by atoms with Crippen LogP contribution in [0.4, 0.5) is 0 Å². The van der Waals surface area contributed by atoms with E-state index in [2.05, 4.69) is 26.8 Å². The summed E-state index contributed by atoms with van der Waals surface area (Å²) in [6, 6.07) is 2.03. The van der Waals surface area contributed by atoms with E-state index in [1.54, 1.807) is 6.08 Å². The number of hydrogen-bond donors (Lipinski definition) is 1. The number of nitrogens with zero attached hydrogens (tertiary/aromatic N) is 1. The summed E-state index contributed by atoms with van der Waals surface area (Å²) in [6.45, 7) is 8.32. The summed E-state index contributed by atoms with van der Waals surface area (Å²) in [5.74, 6) is 0.327. The molecule has 0 bridgehead atoms. The second-order valence-corrected chi connectivity index (χ2v) is 5.52. The van der Waals surface area contributed by atoms with Crippen molar-refractivity contribution < 1.29 is 5.11 Å². The normalized spacial score (nSPS) is 28.9. The molecule has 0 aromatic rings. The molecule has 2 atom stereocenters. The van der Waals surface area contributed by atoms with Gasteiger partial charge in [0, 0.05) is 12.0 Å². The summed E-state index contributed by atoms with van der Waals surface area (Å²) in [5.41, 5.74) is 2.22. The zero-order valence-corrected chi connectivity index (χ0v) is 11.1. The smallest absolute Gasteiger partial charge is 0.0914 e. The summed E-state index contributed by atoms with van der Waals surface area (Å²) >= 11 is 0. The van der Waals surface area contributed by atoms with Crippen molar-refractivity contribution in [1.29, 1.82) is 5.26 Å². The highest BCUT2D eigenvalue weighted by molar-refractivity contribution is 5.27. The molecular weight excluding hydrogens is 210 g/mol. The molecule has 0 aromatic heterocycles. The molecule has 0 spiro atoms. The molecule has 1 N–H and O–H groups in total. The maximum absolute atomic E-state index is 9.74. The van der Waals surface area contributed by atoms with Gasteiger partial charge >= 0.3 is 0 Å². The van der Waals surface area contributed by atoms with Crippen LogP contribution < -0.4 is 0 Å². The first-order valence-corrected chi connectivity index (χ1v) is 5.98. The molecule has 0 heterocycles. The molecule has 0 aromatic carbocycles. The monoisotopic (exact) mass is 231 g/mol. The Hall–Kier alpha value is -1.33. The van der Waals surface area contributed by atoms with E-state index in [1.165, 1.54) is 5.57 Å². The molecule has 1 rings (SSSR count). The van der Waals surface area contributed by atoms with E-state index in [-0.39, 0.29) is 11.5 Å². The predicted octanol–water partition coefficient (Wildman–Crippen LogP) is 3.37. The highest BCUT2D eigenvalue weighted by atomic mass is 16.3. The molecule has 17 heavy (non-hydrogen) atoms. The first kappa shape index (κ1) is 13.7. The van der Waals surface area contributed by atoms with Crippen molar-refractivity contribution in [3.63, 3.8) is 0 Å². The number of allylic oxidation sites excluding steroid dienone is 5. The Balaban J connectivity index is 2.93. The summed E-state index contributed by atoms with van der Waals surface area (Å²) in [6.07, 6.45) is 8.06. The van der Waals surface area contributed by atoms with Crippen molar-refractivity contribution in [2.24, 2.45) is 11.3 Å². The van der Waals surface area contributed by atoms with E-state index in [4.69, 9.17) is 5.26 Å². The van der Waals surface area contributed by atoms with Crippen LogP contribution in [0.1, 0.15) is 34.1 Å². The van der Waals surface area contributed by atoms with Gasteiger partial charge in [0.1, 0.15) is 0 Å². The lowest BCUT2D eigenvalue weighted by Crippen LogP contribution is -2.32. The van der Waals surface area contributed by atoms with Gasteiger partial charge in [-0.25, -0.2) is 0 Å². The van der Waals surface area contributed by atoms with Gasteiger partial charge in [-0.1, -0.05) is 37.6 Å². The molecule has 0 saturated heterocycles. The maximum atomic E-state index is 9.74. The van der Waals surface area contributed by atoms with Crippen LogP contribution >= 0.6 is 0 Å². The molecule has 0 amide bonds. The van der Waals surface area contributed by atoms with Gasteiger partial charge in [0.15, 0.2) is 0 Å². The molecular formula is C15H21NO. The molecule has 0 aliphatic heterocycles. The van der Waals surface area contributed by atoms with Gasteiger partial charge in [0.25, 0.3) is 0 Å². The lowest BCUT2D eigenvalue weighted by molar-refractivity contribution is 0.117. The summed E-state index contributed by atoms with van der Waals surface area (Å²) in [4.78, 5) is 0. The van der Waals surface area contributed by atoms with Crippen molar-refractivity contribution >= 4 is 0 Å². The number of hydrogen-bond acceptors (Lipinski definition) is 2. The fourth-order valence-electron chi connectivity index (χ4n) is 2.56. The van der Waals surface area contributed by atoms with E-state index in [1.807, 2.05) is 25.1 Å². The molecule has 2 heteroatoms. The quantitative estimate of drug-likeness (QED) is 0.450. The van der Waals surface area contributed by atoms with Crippen LogP contribution in [0.3, 0.4) is 0 Å². The average Bonchev–Trinajstić information content (AvgIpc) is 2.14.